The van der Waals surface area contributed by atoms with Crippen LogP contribution in [0.5, 0.6) is 0 Å². The number of anilines is 1. The third-order valence-corrected chi connectivity index (χ3v) is 3.94. The van der Waals surface area contributed by atoms with Gasteiger partial charge in [-0.2, -0.15) is 0 Å². The molecule has 4 N–H and O–H groups in total. The van der Waals surface area contributed by atoms with Gasteiger partial charge in [0, 0.05) is 27.8 Å². The molecule has 0 saturated heterocycles. The first-order chi connectivity index (χ1) is 7.90. The minimum absolute atomic E-state index is 0.376. The minimum Gasteiger partial charge on any atom is -0.398 e. The molecule has 0 heterocycles. The largest absolute Gasteiger partial charge is 0.398 e. The number of benzene rings is 1. The molecule has 0 aromatic heterocycles. The number of hydrogen-bond acceptors (Lipinski definition) is 3. The van der Waals surface area contributed by atoms with Crippen LogP contribution in [0.15, 0.2) is 18.2 Å². The van der Waals surface area contributed by atoms with E-state index in [2.05, 4.69) is 0 Å². The molecule has 0 spiro atoms. The molecule has 4 nitrogen and oxygen atoms in total. The van der Waals surface area contributed by atoms with Crippen molar-refractivity contribution in [3.05, 3.63) is 29.3 Å². The highest BCUT2D eigenvalue weighted by atomic mass is 32.2. The molecule has 0 aliphatic heterocycles. The normalized spacial score (nSPS) is 12.6. The molecule has 0 radical (unpaired) electrons. The Hall–Kier alpha value is -1.36. The first-order valence-corrected chi connectivity index (χ1v) is 6.92. The Bertz CT molecular complexity index is 444. The maximum Gasteiger partial charge on any atom is 0.248 e. The van der Waals surface area contributed by atoms with Crippen molar-refractivity contribution in [3.63, 3.8) is 0 Å². The SMILES string of the molecule is CC(C)CS(=O)Cc1ccc(C(N)=O)cc1N. The van der Waals surface area contributed by atoms with Crippen molar-refractivity contribution in [2.75, 3.05) is 11.5 Å². The van der Waals surface area contributed by atoms with Gasteiger partial charge in [-0.05, 0) is 23.6 Å². The number of carbonyl (C=O) groups is 1. The van der Waals surface area contributed by atoms with E-state index in [1.807, 2.05) is 13.8 Å². The average Bonchev–Trinajstić information content (AvgIpc) is 2.19. The van der Waals surface area contributed by atoms with Crippen molar-refractivity contribution in [3.8, 4) is 0 Å². The first kappa shape index (κ1) is 13.7. The second-order valence-electron chi connectivity index (χ2n) is 4.42. The van der Waals surface area contributed by atoms with Crippen LogP contribution in [-0.2, 0) is 16.6 Å². The van der Waals surface area contributed by atoms with E-state index in [1.165, 1.54) is 6.07 Å². The summed E-state index contributed by atoms with van der Waals surface area (Å²) in [4.78, 5) is 10.9. The Morgan fingerprint density at radius 2 is 2.06 bits per heavy atom. The lowest BCUT2D eigenvalue weighted by Crippen LogP contribution is -2.12. The van der Waals surface area contributed by atoms with Crippen LogP contribution in [0.2, 0.25) is 0 Å². The van der Waals surface area contributed by atoms with Crippen LogP contribution >= 0.6 is 0 Å². The molecule has 0 bridgehead atoms. The van der Waals surface area contributed by atoms with Crippen molar-refractivity contribution in [1.82, 2.24) is 0 Å². The summed E-state index contributed by atoms with van der Waals surface area (Å²) in [5.74, 6) is 0.952. The molecule has 1 unspecified atom stereocenters. The number of primary amides is 1. The minimum atomic E-state index is -0.925. The predicted octanol–water partition coefficient (Wildman–Crippen LogP) is 1.27. The predicted molar refractivity (Wildman–Crippen MR) is 70.9 cm³/mol. The summed E-state index contributed by atoms with van der Waals surface area (Å²) >= 11 is 0. The summed E-state index contributed by atoms with van der Waals surface area (Å²) in [6.07, 6.45) is 0. The van der Waals surface area contributed by atoms with Gasteiger partial charge in [-0.25, -0.2) is 0 Å². The van der Waals surface area contributed by atoms with E-state index < -0.39 is 16.7 Å². The molecule has 0 fully saturated rings. The highest BCUT2D eigenvalue weighted by Crippen LogP contribution is 2.16. The quantitative estimate of drug-likeness (QED) is 0.776. The Morgan fingerprint density at radius 3 is 2.53 bits per heavy atom. The summed E-state index contributed by atoms with van der Waals surface area (Å²) in [6.45, 7) is 4.05. The monoisotopic (exact) mass is 254 g/mol. The zero-order valence-corrected chi connectivity index (χ0v) is 10.9. The summed E-state index contributed by atoms with van der Waals surface area (Å²) in [6, 6.07) is 4.86. The van der Waals surface area contributed by atoms with E-state index in [0.29, 0.717) is 28.7 Å². The molecule has 1 rings (SSSR count). The number of rotatable bonds is 5. The maximum atomic E-state index is 11.8. The highest BCUT2D eigenvalue weighted by molar-refractivity contribution is 7.84. The maximum absolute atomic E-state index is 11.8. The first-order valence-electron chi connectivity index (χ1n) is 5.43. The van der Waals surface area contributed by atoms with Crippen molar-refractivity contribution in [2.45, 2.75) is 19.6 Å². The summed E-state index contributed by atoms with van der Waals surface area (Å²) < 4.78 is 11.8. The van der Waals surface area contributed by atoms with E-state index in [1.54, 1.807) is 12.1 Å². The number of nitrogen functional groups attached to an aromatic ring is 1. The van der Waals surface area contributed by atoms with Crippen LogP contribution in [0.25, 0.3) is 0 Å². The molecule has 0 aliphatic carbocycles. The van der Waals surface area contributed by atoms with Gasteiger partial charge >= 0.3 is 0 Å². The topological polar surface area (TPSA) is 86.2 Å². The standard InChI is InChI=1S/C12H18N2O2S/c1-8(2)6-17(16)7-10-4-3-9(12(14)15)5-11(10)13/h3-5,8H,6-7,13H2,1-2H3,(H2,14,15). The Labute approximate surface area is 104 Å². The van der Waals surface area contributed by atoms with Crippen LogP contribution in [-0.4, -0.2) is 15.9 Å². The number of carbonyl (C=O) groups excluding carboxylic acids is 1. The van der Waals surface area contributed by atoms with E-state index in [9.17, 15) is 9.00 Å². The third kappa shape index (κ3) is 4.19. The van der Waals surface area contributed by atoms with E-state index >= 15 is 0 Å². The van der Waals surface area contributed by atoms with Crippen LogP contribution in [0.4, 0.5) is 5.69 Å². The van der Waals surface area contributed by atoms with Crippen molar-refractivity contribution >= 4 is 22.4 Å². The Kier molecular flexibility index (Phi) is 4.69. The van der Waals surface area contributed by atoms with Crippen LogP contribution < -0.4 is 11.5 Å². The highest BCUT2D eigenvalue weighted by Gasteiger charge is 2.09. The molecule has 1 amide bonds. The van der Waals surface area contributed by atoms with E-state index in [0.717, 1.165) is 5.56 Å². The van der Waals surface area contributed by atoms with Gasteiger partial charge in [0.2, 0.25) is 5.91 Å². The fraction of sp³-hybridized carbons (Fsp3) is 0.417. The number of hydrogen-bond donors (Lipinski definition) is 2. The van der Waals surface area contributed by atoms with Gasteiger partial charge in [0.05, 0.1) is 5.75 Å². The van der Waals surface area contributed by atoms with Gasteiger partial charge in [-0.1, -0.05) is 19.9 Å². The lowest BCUT2D eigenvalue weighted by molar-refractivity contribution is 0.100. The second-order valence-corrected chi connectivity index (χ2v) is 5.92. The molecule has 1 aromatic rings. The summed E-state index contributed by atoms with van der Waals surface area (Å²) in [5.41, 5.74) is 12.6. The average molecular weight is 254 g/mol. The van der Waals surface area contributed by atoms with Gasteiger partial charge in [0.1, 0.15) is 0 Å². The lowest BCUT2D eigenvalue weighted by Gasteiger charge is -2.08. The summed E-state index contributed by atoms with van der Waals surface area (Å²) in [7, 11) is -0.925. The zero-order chi connectivity index (χ0) is 13.0. The Balaban J connectivity index is 2.79. The molecule has 1 atom stereocenters. The van der Waals surface area contributed by atoms with E-state index in [-0.39, 0.29) is 0 Å². The molecular formula is C12H18N2O2S. The zero-order valence-electron chi connectivity index (χ0n) is 10.1. The lowest BCUT2D eigenvalue weighted by atomic mass is 10.1. The number of amides is 1. The van der Waals surface area contributed by atoms with Gasteiger partial charge < -0.3 is 11.5 Å². The second kappa shape index (κ2) is 5.82. The van der Waals surface area contributed by atoms with Crippen molar-refractivity contribution in [1.29, 1.82) is 0 Å². The molecule has 5 heteroatoms. The molecule has 1 aromatic carbocycles. The number of nitrogens with two attached hydrogens (primary N) is 2. The molecule has 17 heavy (non-hydrogen) atoms. The van der Waals surface area contributed by atoms with Crippen molar-refractivity contribution < 1.29 is 9.00 Å². The van der Waals surface area contributed by atoms with E-state index in [4.69, 9.17) is 11.5 Å². The molecule has 94 valence electrons. The fourth-order valence-electron chi connectivity index (χ4n) is 1.48. The van der Waals surface area contributed by atoms with Gasteiger partial charge in [-0.3, -0.25) is 9.00 Å². The third-order valence-electron chi connectivity index (χ3n) is 2.27. The molecule has 0 aliphatic rings. The van der Waals surface area contributed by atoms with Gasteiger partial charge in [-0.15, -0.1) is 0 Å². The smallest absolute Gasteiger partial charge is 0.248 e. The van der Waals surface area contributed by atoms with Crippen LogP contribution in [0, 0.1) is 5.92 Å². The molecule has 0 saturated carbocycles. The van der Waals surface area contributed by atoms with Crippen molar-refractivity contribution in [2.24, 2.45) is 11.7 Å². The molecular weight excluding hydrogens is 236 g/mol. The van der Waals surface area contributed by atoms with Gasteiger partial charge in [0.25, 0.3) is 0 Å². The summed E-state index contributed by atoms with van der Waals surface area (Å²) in [5, 5.41) is 0. The Morgan fingerprint density at radius 1 is 1.41 bits per heavy atom. The van der Waals surface area contributed by atoms with Crippen LogP contribution in [0.3, 0.4) is 0 Å². The van der Waals surface area contributed by atoms with Crippen LogP contribution in [0.1, 0.15) is 29.8 Å². The fourth-order valence-corrected chi connectivity index (χ4v) is 2.95. The van der Waals surface area contributed by atoms with Gasteiger partial charge in [0.15, 0.2) is 0 Å².